The van der Waals surface area contributed by atoms with E-state index in [-0.39, 0.29) is 18.5 Å². The van der Waals surface area contributed by atoms with Crippen LogP contribution in [-0.2, 0) is 4.79 Å². The van der Waals surface area contributed by atoms with Crippen molar-refractivity contribution < 1.29 is 22.4 Å². The second kappa shape index (κ2) is 5.05. The molecule has 0 spiro atoms. The summed E-state index contributed by atoms with van der Waals surface area (Å²) < 4.78 is 50.8. The van der Waals surface area contributed by atoms with E-state index < -0.39 is 18.3 Å². The molecule has 0 N–H and O–H groups in total. The first-order valence-corrected chi connectivity index (χ1v) is 6.41. The third-order valence-corrected chi connectivity index (χ3v) is 4.06. The van der Waals surface area contributed by atoms with Crippen molar-refractivity contribution in [3.8, 4) is 0 Å². The van der Waals surface area contributed by atoms with Crippen molar-refractivity contribution in [3.05, 3.63) is 0 Å². The standard InChI is InChI=1S/C12H17F4NO/c13-10(14)12(15,16)11(18)17-7-3-5-8-4-1-2-6-9(8)17/h8-10H,1-7H2/t8-,9-/m1/s1. The third-order valence-electron chi connectivity index (χ3n) is 4.06. The zero-order valence-corrected chi connectivity index (χ0v) is 10.0. The van der Waals surface area contributed by atoms with Crippen molar-refractivity contribution in [1.82, 2.24) is 4.90 Å². The largest absolute Gasteiger partial charge is 0.383 e. The summed E-state index contributed by atoms with van der Waals surface area (Å²) in [5.74, 6) is -6.02. The van der Waals surface area contributed by atoms with E-state index in [1.807, 2.05) is 0 Å². The van der Waals surface area contributed by atoms with Crippen LogP contribution in [0.1, 0.15) is 38.5 Å². The van der Waals surface area contributed by atoms with Crippen molar-refractivity contribution in [2.75, 3.05) is 6.54 Å². The molecule has 1 aliphatic heterocycles. The summed E-state index contributed by atoms with van der Waals surface area (Å²) in [5, 5.41) is 0. The lowest BCUT2D eigenvalue weighted by Crippen LogP contribution is -2.56. The SMILES string of the molecule is O=C(N1CCC[C@H]2CCCC[C@H]21)C(F)(F)C(F)F. The highest BCUT2D eigenvalue weighted by Crippen LogP contribution is 2.37. The van der Waals surface area contributed by atoms with Gasteiger partial charge in [-0.15, -0.1) is 0 Å². The van der Waals surface area contributed by atoms with E-state index in [0.717, 1.165) is 30.6 Å². The average molecular weight is 267 g/mol. The minimum atomic E-state index is -4.54. The van der Waals surface area contributed by atoms with Crippen LogP contribution >= 0.6 is 0 Å². The Hall–Kier alpha value is -0.810. The number of likely N-dealkylation sites (tertiary alicyclic amines) is 1. The maximum absolute atomic E-state index is 13.1. The van der Waals surface area contributed by atoms with Crippen LogP contribution in [0.15, 0.2) is 0 Å². The maximum Gasteiger partial charge on any atom is 0.383 e. The number of hydrogen-bond donors (Lipinski definition) is 0. The van der Waals surface area contributed by atoms with Gasteiger partial charge in [0.05, 0.1) is 0 Å². The van der Waals surface area contributed by atoms with Crippen molar-refractivity contribution >= 4 is 5.91 Å². The van der Waals surface area contributed by atoms with E-state index in [0.29, 0.717) is 12.8 Å². The molecule has 0 radical (unpaired) electrons. The predicted molar refractivity (Wildman–Crippen MR) is 57.6 cm³/mol. The molecule has 0 unspecified atom stereocenters. The van der Waals surface area contributed by atoms with Crippen LogP contribution in [0, 0.1) is 5.92 Å². The molecule has 0 aromatic heterocycles. The highest BCUT2D eigenvalue weighted by Gasteiger charge is 2.53. The Morgan fingerprint density at radius 1 is 1.11 bits per heavy atom. The van der Waals surface area contributed by atoms with Crippen LogP contribution in [0.25, 0.3) is 0 Å². The summed E-state index contributed by atoms with van der Waals surface area (Å²) in [5.41, 5.74) is 0. The van der Waals surface area contributed by atoms with Crippen LogP contribution in [0.3, 0.4) is 0 Å². The fourth-order valence-electron chi connectivity index (χ4n) is 3.16. The molecule has 104 valence electrons. The number of rotatable bonds is 2. The second-order valence-corrected chi connectivity index (χ2v) is 5.18. The Morgan fingerprint density at radius 3 is 2.39 bits per heavy atom. The number of carbonyl (C=O) groups is 1. The van der Waals surface area contributed by atoms with Gasteiger partial charge in [0.25, 0.3) is 5.91 Å². The first-order chi connectivity index (χ1) is 8.44. The fraction of sp³-hybridized carbons (Fsp3) is 0.917. The summed E-state index contributed by atoms with van der Waals surface area (Å²) in [7, 11) is 0. The molecule has 2 nitrogen and oxygen atoms in total. The number of amides is 1. The van der Waals surface area contributed by atoms with Crippen LogP contribution in [0.4, 0.5) is 17.6 Å². The van der Waals surface area contributed by atoms with Gasteiger partial charge in [0.15, 0.2) is 0 Å². The van der Waals surface area contributed by atoms with Gasteiger partial charge in [0, 0.05) is 12.6 Å². The zero-order valence-electron chi connectivity index (χ0n) is 10.0. The highest BCUT2D eigenvalue weighted by molar-refractivity contribution is 5.84. The molecule has 1 aliphatic carbocycles. The molecule has 6 heteroatoms. The van der Waals surface area contributed by atoms with E-state index >= 15 is 0 Å². The van der Waals surface area contributed by atoms with Gasteiger partial charge in [-0.3, -0.25) is 4.79 Å². The van der Waals surface area contributed by atoms with Gasteiger partial charge in [0.2, 0.25) is 0 Å². The van der Waals surface area contributed by atoms with Crippen LogP contribution in [-0.4, -0.2) is 35.7 Å². The number of hydrogen-bond acceptors (Lipinski definition) is 1. The summed E-state index contributed by atoms with van der Waals surface area (Å²) in [4.78, 5) is 12.6. The molecule has 2 aliphatic rings. The van der Waals surface area contributed by atoms with Gasteiger partial charge in [-0.2, -0.15) is 8.78 Å². The molecule has 2 atom stereocenters. The first kappa shape index (κ1) is 13.6. The Morgan fingerprint density at radius 2 is 1.72 bits per heavy atom. The summed E-state index contributed by atoms with van der Waals surface area (Å²) in [6.07, 6.45) is 1.11. The fourth-order valence-corrected chi connectivity index (χ4v) is 3.16. The van der Waals surface area contributed by atoms with E-state index in [9.17, 15) is 22.4 Å². The Balaban J connectivity index is 2.13. The third kappa shape index (κ3) is 2.34. The average Bonchev–Trinajstić information content (AvgIpc) is 2.37. The molecule has 1 amide bonds. The van der Waals surface area contributed by atoms with Gasteiger partial charge in [-0.1, -0.05) is 12.8 Å². The number of halogens is 4. The minimum absolute atomic E-state index is 0.183. The van der Waals surface area contributed by atoms with Gasteiger partial charge in [-0.05, 0) is 31.6 Å². The lowest BCUT2D eigenvalue weighted by atomic mass is 9.78. The van der Waals surface area contributed by atoms with Gasteiger partial charge >= 0.3 is 12.3 Å². The number of piperidine rings is 1. The summed E-state index contributed by atoms with van der Waals surface area (Å²) in [6.45, 7) is 0.183. The normalized spacial score (nSPS) is 29.3. The summed E-state index contributed by atoms with van der Waals surface area (Å²) >= 11 is 0. The molecule has 18 heavy (non-hydrogen) atoms. The lowest BCUT2D eigenvalue weighted by molar-refractivity contribution is -0.186. The topological polar surface area (TPSA) is 20.3 Å². The molecule has 1 saturated carbocycles. The molecule has 0 aromatic rings. The first-order valence-electron chi connectivity index (χ1n) is 6.41. The zero-order chi connectivity index (χ0) is 13.3. The molecule has 2 rings (SSSR count). The summed E-state index contributed by atoms with van der Waals surface area (Å²) in [6, 6.07) is -0.260. The molecular weight excluding hydrogens is 250 g/mol. The van der Waals surface area contributed by atoms with Crippen molar-refractivity contribution in [1.29, 1.82) is 0 Å². The van der Waals surface area contributed by atoms with Crippen LogP contribution in [0.2, 0.25) is 0 Å². The van der Waals surface area contributed by atoms with Crippen LogP contribution < -0.4 is 0 Å². The lowest BCUT2D eigenvalue weighted by Gasteiger charge is -2.44. The van der Waals surface area contributed by atoms with Crippen molar-refractivity contribution in [2.24, 2.45) is 5.92 Å². The number of nitrogens with zero attached hydrogens (tertiary/aromatic N) is 1. The predicted octanol–water partition coefficient (Wildman–Crippen LogP) is 3.07. The smallest absolute Gasteiger partial charge is 0.334 e. The second-order valence-electron chi connectivity index (χ2n) is 5.18. The van der Waals surface area contributed by atoms with E-state index in [4.69, 9.17) is 0 Å². The quantitative estimate of drug-likeness (QED) is 0.704. The molecule has 1 saturated heterocycles. The Kier molecular flexibility index (Phi) is 3.82. The van der Waals surface area contributed by atoms with Gasteiger partial charge in [0.1, 0.15) is 0 Å². The van der Waals surface area contributed by atoms with Gasteiger partial charge in [-0.25, -0.2) is 8.78 Å². The monoisotopic (exact) mass is 267 g/mol. The number of alkyl halides is 4. The van der Waals surface area contributed by atoms with E-state index in [2.05, 4.69) is 0 Å². The highest BCUT2D eigenvalue weighted by atomic mass is 19.3. The molecule has 0 bridgehead atoms. The number of fused-ring (bicyclic) bond motifs is 1. The molecule has 0 aromatic carbocycles. The molecular formula is C12H17F4NO. The van der Waals surface area contributed by atoms with Gasteiger partial charge < -0.3 is 4.90 Å². The van der Waals surface area contributed by atoms with E-state index in [1.54, 1.807) is 0 Å². The molecule has 2 fully saturated rings. The molecule has 1 heterocycles. The Bertz CT molecular complexity index is 319. The maximum atomic E-state index is 13.1. The van der Waals surface area contributed by atoms with Crippen LogP contribution in [0.5, 0.6) is 0 Å². The van der Waals surface area contributed by atoms with Crippen molar-refractivity contribution in [2.45, 2.75) is 56.9 Å². The number of carbonyl (C=O) groups excluding carboxylic acids is 1. The Labute approximate surface area is 103 Å². The van der Waals surface area contributed by atoms with Crippen molar-refractivity contribution in [3.63, 3.8) is 0 Å². The van der Waals surface area contributed by atoms with E-state index in [1.165, 1.54) is 0 Å². The minimum Gasteiger partial charge on any atom is -0.334 e.